The molecule has 3 atom stereocenters. The van der Waals surface area contributed by atoms with Crippen molar-refractivity contribution in [2.45, 2.75) is 44.6 Å². The van der Waals surface area contributed by atoms with Gasteiger partial charge in [-0.25, -0.2) is 4.98 Å². The van der Waals surface area contributed by atoms with E-state index >= 15 is 0 Å². The maximum absolute atomic E-state index is 13.5. The van der Waals surface area contributed by atoms with E-state index in [1.54, 1.807) is 18.5 Å². The monoisotopic (exact) mass is 548 g/mol. The van der Waals surface area contributed by atoms with Crippen LogP contribution in [-0.4, -0.2) is 70.1 Å². The number of halogens is 1. The molecule has 3 aliphatic rings. The highest BCUT2D eigenvalue weighted by Crippen LogP contribution is 2.31. The summed E-state index contributed by atoms with van der Waals surface area (Å²) in [4.78, 5) is 37.8. The number of piperazine rings is 1. The average Bonchev–Trinajstić information content (AvgIpc) is 3.51. The lowest BCUT2D eigenvalue weighted by Gasteiger charge is -2.46. The minimum atomic E-state index is -0.171. The number of aromatic nitrogens is 2. The van der Waals surface area contributed by atoms with Crippen LogP contribution >= 0.6 is 11.6 Å². The molecule has 2 amide bonds. The Morgan fingerprint density at radius 1 is 1.08 bits per heavy atom. The van der Waals surface area contributed by atoms with E-state index < -0.39 is 0 Å². The topological polar surface area (TPSA) is 103 Å². The van der Waals surface area contributed by atoms with Crippen LogP contribution in [0.1, 0.15) is 41.6 Å². The molecule has 1 saturated carbocycles. The zero-order valence-corrected chi connectivity index (χ0v) is 22.5. The Morgan fingerprint density at radius 2 is 1.92 bits per heavy atom. The molecule has 10 heteroatoms. The summed E-state index contributed by atoms with van der Waals surface area (Å²) in [6.45, 7) is 2.89. The van der Waals surface area contributed by atoms with E-state index in [0.717, 1.165) is 30.4 Å². The van der Waals surface area contributed by atoms with Gasteiger partial charge < -0.3 is 19.9 Å². The largest absolute Gasteiger partial charge is 0.488 e. The van der Waals surface area contributed by atoms with Gasteiger partial charge in [-0.2, -0.15) is 0 Å². The number of carbonyl (C=O) groups is 2. The third-order valence-corrected chi connectivity index (χ3v) is 8.22. The molecule has 2 aromatic carbocycles. The van der Waals surface area contributed by atoms with Crippen LogP contribution in [0.15, 0.2) is 54.9 Å². The first-order valence-electron chi connectivity index (χ1n) is 13.7. The third kappa shape index (κ3) is 5.66. The fourth-order valence-electron chi connectivity index (χ4n) is 5.87. The summed E-state index contributed by atoms with van der Waals surface area (Å²) in [5, 5.41) is 7.46. The lowest BCUT2D eigenvalue weighted by molar-refractivity contribution is -0.134. The number of amides is 2. The molecule has 1 aliphatic carbocycles. The molecule has 0 bridgehead atoms. The van der Waals surface area contributed by atoms with Crippen molar-refractivity contribution in [3.63, 3.8) is 0 Å². The molecule has 9 nitrogen and oxygen atoms in total. The van der Waals surface area contributed by atoms with Gasteiger partial charge in [0, 0.05) is 55.2 Å². The van der Waals surface area contributed by atoms with Crippen LogP contribution in [-0.2, 0) is 11.4 Å². The Morgan fingerprint density at radius 3 is 2.72 bits per heavy atom. The highest BCUT2D eigenvalue weighted by Gasteiger charge is 2.40. The first-order valence-corrected chi connectivity index (χ1v) is 14.0. The number of nitrogens with zero attached hydrogens (tertiary/aromatic N) is 3. The Balaban J connectivity index is 1.12. The van der Waals surface area contributed by atoms with Crippen molar-refractivity contribution < 1.29 is 14.3 Å². The molecule has 1 aromatic heterocycles. The molecule has 3 heterocycles. The Hall–Kier alpha value is -3.40. The molecular formula is C29H33ClN6O3. The smallest absolute Gasteiger partial charge is 0.253 e. The van der Waals surface area contributed by atoms with Crippen molar-refractivity contribution in [1.82, 2.24) is 30.4 Å². The zero-order valence-electron chi connectivity index (χ0n) is 21.7. The number of nitrogens with one attached hydrogen (secondary N) is 3. The maximum Gasteiger partial charge on any atom is 0.253 e. The molecule has 3 N–H and O–H groups in total. The Kier molecular flexibility index (Phi) is 7.54. The van der Waals surface area contributed by atoms with Gasteiger partial charge in [-0.3, -0.25) is 19.8 Å². The molecular weight excluding hydrogens is 516 g/mol. The van der Waals surface area contributed by atoms with Crippen molar-refractivity contribution in [1.29, 1.82) is 0 Å². The normalized spacial score (nSPS) is 23.7. The molecule has 2 saturated heterocycles. The standard InChI is InChI=1S/C29H33ClN6O3/c30-21-5-3-4-19(16-21)18-39-25-9-8-20(17-23(25)26-31-10-11-32-26)28(38)35-12-14-36(15-13-35)29-33-24-7-2-1-6-22(24)27(37)34-29/h3-5,8-11,16-17,22,24,29,33H,1-2,6-7,12-15,18H2,(H,31,32)(H,34,37). The second-order valence-electron chi connectivity index (χ2n) is 10.5. The predicted molar refractivity (Wildman–Crippen MR) is 148 cm³/mol. The molecule has 39 heavy (non-hydrogen) atoms. The minimum absolute atomic E-state index is 0.0307. The van der Waals surface area contributed by atoms with E-state index in [9.17, 15) is 9.59 Å². The van der Waals surface area contributed by atoms with E-state index in [1.807, 2.05) is 41.3 Å². The zero-order chi connectivity index (χ0) is 26.8. The number of H-pyrrole nitrogens is 1. The van der Waals surface area contributed by atoms with Crippen molar-refractivity contribution >= 4 is 23.4 Å². The van der Waals surface area contributed by atoms with Gasteiger partial charge in [-0.1, -0.05) is 36.6 Å². The summed E-state index contributed by atoms with van der Waals surface area (Å²) >= 11 is 6.12. The number of carbonyl (C=O) groups excluding carboxylic acids is 2. The highest BCUT2D eigenvalue weighted by atomic mass is 35.5. The van der Waals surface area contributed by atoms with Crippen molar-refractivity contribution in [2.75, 3.05) is 26.2 Å². The van der Waals surface area contributed by atoms with Crippen LogP contribution in [0.25, 0.3) is 11.4 Å². The van der Waals surface area contributed by atoms with Crippen molar-refractivity contribution in [3.05, 3.63) is 71.0 Å². The number of hydrogen-bond donors (Lipinski definition) is 3. The highest BCUT2D eigenvalue weighted by molar-refractivity contribution is 6.30. The van der Waals surface area contributed by atoms with Gasteiger partial charge in [0.1, 0.15) is 24.5 Å². The molecule has 3 aromatic rings. The van der Waals surface area contributed by atoms with E-state index in [2.05, 4.69) is 25.5 Å². The number of ether oxygens (including phenoxy) is 1. The molecule has 204 valence electrons. The molecule has 0 radical (unpaired) electrons. The lowest BCUT2D eigenvalue weighted by atomic mass is 9.82. The van der Waals surface area contributed by atoms with Gasteiger partial charge in [-0.05, 0) is 48.7 Å². The number of fused-ring (bicyclic) bond motifs is 1. The van der Waals surface area contributed by atoms with Crippen LogP contribution in [0, 0.1) is 5.92 Å². The third-order valence-electron chi connectivity index (χ3n) is 7.98. The number of rotatable bonds is 6. The summed E-state index contributed by atoms with van der Waals surface area (Å²) in [6.07, 6.45) is 7.55. The van der Waals surface area contributed by atoms with Crippen LogP contribution in [0.4, 0.5) is 0 Å². The molecule has 3 unspecified atom stereocenters. The van der Waals surface area contributed by atoms with Crippen molar-refractivity contribution in [3.8, 4) is 17.1 Å². The predicted octanol–water partition coefficient (Wildman–Crippen LogP) is 3.63. The maximum atomic E-state index is 13.5. The number of imidazole rings is 1. The average molecular weight is 549 g/mol. The molecule has 2 aliphatic heterocycles. The van der Waals surface area contributed by atoms with E-state index in [1.165, 1.54) is 6.42 Å². The van der Waals surface area contributed by atoms with Gasteiger partial charge in [0.25, 0.3) is 5.91 Å². The number of benzene rings is 2. The van der Waals surface area contributed by atoms with Gasteiger partial charge in [-0.15, -0.1) is 0 Å². The molecule has 3 fully saturated rings. The summed E-state index contributed by atoms with van der Waals surface area (Å²) in [5.74, 6) is 1.47. The van der Waals surface area contributed by atoms with Crippen molar-refractivity contribution in [2.24, 2.45) is 5.92 Å². The van der Waals surface area contributed by atoms with Gasteiger partial charge >= 0.3 is 0 Å². The second kappa shape index (κ2) is 11.4. The summed E-state index contributed by atoms with van der Waals surface area (Å²) in [5.41, 5.74) is 2.26. The summed E-state index contributed by atoms with van der Waals surface area (Å²) in [6, 6.07) is 13.3. The summed E-state index contributed by atoms with van der Waals surface area (Å²) in [7, 11) is 0. The van der Waals surface area contributed by atoms with Gasteiger partial charge in [0.05, 0.1) is 11.5 Å². The van der Waals surface area contributed by atoms with Crippen LogP contribution in [0.3, 0.4) is 0 Å². The van der Waals surface area contributed by atoms with Gasteiger partial charge in [0.15, 0.2) is 0 Å². The number of hydrogen-bond acceptors (Lipinski definition) is 6. The Labute approximate surface area is 232 Å². The van der Waals surface area contributed by atoms with Gasteiger partial charge in [0.2, 0.25) is 5.91 Å². The van der Waals surface area contributed by atoms with E-state index in [4.69, 9.17) is 16.3 Å². The summed E-state index contributed by atoms with van der Waals surface area (Å²) < 4.78 is 6.12. The van der Waals surface area contributed by atoms with Crippen LogP contribution in [0.5, 0.6) is 5.75 Å². The SMILES string of the molecule is O=C1NC(N2CCN(C(=O)c3ccc(OCc4cccc(Cl)c4)c(-c4ncc[nH]4)c3)CC2)NC2CCCCC12. The van der Waals surface area contributed by atoms with E-state index in [-0.39, 0.29) is 30.1 Å². The van der Waals surface area contributed by atoms with Crippen LogP contribution in [0.2, 0.25) is 5.02 Å². The molecule has 6 rings (SSSR count). The Bertz CT molecular complexity index is 1320. The van der Waals surface area contributed by atoms with E-state index in [0.29, 0.717) is 54.9 Å². The fourth-order valence-corrected chi connectivity index (χ4v) is 6.08. The first-order chi connectivity index (χ1) is 19.0. The number of aromatic amines is 1. The molecule has 0 spiro atoms. The quantitative estimate of drug-likeness (QED) is 0.435. The minimum Gasteiger partial charge on any atom is -0.488 e. The second-order valence-corrected chi connectivity index (χ2v) is 10.9. The fraction of sp³-hybridized carbons (Fsp3) is 0.414. The lowest BCUT2D eigenvalue weighted by Crippen LogP contribution is -2.69. The first kappa shape index (κ1) is 25.9. The van der Waals surface area contributed by atoms with Crippen LogP contribution < -0.4 is 15.4 Å².